The van der Waals surface area contributed by atoms with Gasteiger partial charge in [0.1, 0.15) is 5.52 Å². The molecular formula is C24H25N5O2S. The van der Waals surface area contributed by atoms with Gasteiger partial charge in [0.25, 0.3) is 5.56 Å². The average Bonchev–Trinajstić information content (AvgIpc) is 3.16. The molecule has 2 heterocycles. The monoisotopic (exact) mass is 447 g/mol. The van der Waals surface area contributed by atoms with Crippen molar-refractivity contribution < 1.29 is 4.79 Å². The predicted octanol–water partition coefficient (Wildman–Crippen LogP) is 4.03. The Morgan fingerprint density at radius 3 is 2.50 bits per heavy atom. The van der Waals surface area contributed by atoms with Crippen molar-refractivity contribution in [3.63, 3.8) is 0 Å². The van der Waals surface area contributed by atoms with E-state index < -0.39 is 0 Å². The number of hydrogen-bond acceptors (Lipinski definition) is 5. The molecule has 0 aliphatic heterocycles. The molecule has 8 heteroatoms. The lowest BCUT2D eigenvalue weighted by Crippen LogP contribution is -2.25. The summed E-state index contributed by atoms with van der Waals surface area (Å²) < 4.78 is 3.16. The highest BCUT2D eigenvalue weighted by molar-refractivity contribution is 7.99. The first-order valence-electron chi connectivity index (χ1n) is 10.4. The Labute approximate surface area is 190 Å². The molecule has 0 spiro atoms. The van der Waals surface area contributed by atoms with Gasteiger partial charge in [0, 0.05) is 12.7 Å². The molecule has 164 valence electrons. The van der Waals surface area contributed by atoms with Crippen LogP contribution in [0.1, 0.15) is 30.9 Å². The van der Waals surface area contributed by atoms with Crippen molar-refractivity contribution in [2.24, 2.45) is 7.05 Å². The Balaban J connectivity index is 1.55. The van der Waals surface area contributed by atoms with E-state index in [0.717, 1.165) is 11.3 Å². The molecule has 2 aromatic heterocycles. The number of aromatic nitrogens is 4. The summed E-state index contributed by atoms with van der Waals surface area (Å²) in [7, 11) is 1.76. The largest absolute Gasteiger partial charge is 0.325 e. The van der Waals surface area contributed by atoms with Gasteiger partial charge in [-0.1, -0.05) is 68.1 Å². The molecule has 0 bridgehead atoms. The van der Waals surface area contributed by atoms with Gasteiger partial charge in [-0.15, -0.1) is 0 Å². The molecule has 0 unspecified atom stereocenters. The van der Waals surface area contributed by atoms with E-state index in [1.807, 2.05) is 54.6 Å². The van der Waals surface area contributed by atoms with Gasteiger partial charge in [-0.2, -0.15) is 5.10 Å². The summed E-state index contributed by atoms with van der Waals surface area (Å²) in [5.41, 5.74) is 3.57. The summed E-state index contributed by atoms with van der Waals surface area (Å²) in [5, 5.41) is 7.66. The zero-order valence-electron chi connectivity index (χ0n) is 18.3. The van der Waals surface area contributed by atoms with E-state index >= 15 is 0 Å². The van der Waals surface area contributed by atoms with Crippen LogP contribution >= 0.6 is 11.8 Å². The molecule has 2 aromatic carbocycles. The molecule has 4 rings (SSSR count). The third kappa shape index (κ3) is 4.91. The second-order valence-electron chi connectivity index (χ2n) is 7.92. The van der Waals surface area contributed by atoms with Crippen LogP contribution in [0, 0.1) is 0 Å². The maximum Gasteiger partial charge on any atom is 0.282 e. The summed E-state index contributed by atoms with van der Waals surface area (Å²) in [6, 6.07) is 17.5. The summed E-state index contributed by atoms with van der Waals surface area (Å²) in [4.78, 5) is 30.3. The number of thioether (sulfide) groups is 1. The Bertz CT molecular complexity index is 1290. The second kappa shape index (κ2) is 9.40. The van der Waals surface area contributed by atoms with Gasteiger partial charge in [-0.25, -0.2) is 4.98 Å². The summed E-state index contributed by atoms with van der Waals surface area (Å²) in [6.07, 6.45) is 1.71. The van der Waals surface area contributed by atoms with Crippen molar-refractivity contribution in [3.05, 3.63) is 82.3 Å². The molecule has 0 saturated carbocycles. The first-order chi connectivity index (χ1) is 15.4. The number of amides is 1. The molecule has 7 nitrogen and oxygen atoms in total. The molecule has 0 atom stereocenters. The Hall–Kier alpha value is -3.39. The fourth-order valence-corrected chi connectivity index (χ4v) is 4.18. The number of aryl methyl sites for hydroxylation is 1. The maximum atomic E-state index is 13.1. The number of nitrogens with one attached hydrogen (secondary N) is 1. The van der Waals surface area contributed by atoms with E-state index in [-0.39, 0.29) is 17.2 Å². The number of carbonyl (C=O) groups is 1. The van der Waals surface area contributed by atoms with E-state index in [2.05, 4.69) is 29.2 Å². The van der Waals surface area contributed by atoms with Gasteiger partial charge in [0.2, 0.25) is 5.91 Å². The zero-order valence-corrected chi connectivity index (χ0v) is 19.1. The average molecular weight is 448 g/mol. The van der Waals surface area contributed by atoms with Gasteiger partial charge < -0.3 is 5.32 Å². The molecule has 0 fully saturated rings. The van der Waals surface area contributed by atoms with Crippen LogP contribution < -0.4 is 10.9 Å². The van der Waals surface area contributed by atoms with Crippen molar-refractivity contribution in [1.82, 2.24) is 19.3 Å². The summed E-state index contributed by atoms with van der Waals surface area (Å²) >= 11 is 1.24. The first-order valence-corrected chi connectivity index (χ1v) is 11.4. The van der Waals surface area contributed by atoms with E-state index in [4.69, 9.17) is 0 Å². The Morgan fingerprint density at radius 1 is 1.09 bits per heavy atom. The van der Waals surface area contributed by atoms with Gasteiger partial charge in [-0.3, -0.25) is 18.8 Å². The van der Waals surface area contributed by atoms with E-state index in [9.17, 15) is 9.59 Å². The molecule has 1 amide bonds. The lowest BCUT2D eigenvalue weighted by molar-refractivity contribution is -0.113. The number of anilines is 1. The SMILES string of the molecule is CC(C)c1ccc(NC(=O)CSc2nc3cn(C)nc3c(=O)n2Cc2ccccc2)cc1. The molecule has 32 heavy (non-hydrogen) atoms. The molecule has 1 N–H and O–H groups in total. The van der Waals surface area contributed by atoms with Crippen LogP contribution in [-0.2, 0) is 18.4 Å². The van der Waals surface area contributed by atoms with Gasteiger partial charge in [0.15, 0.2) is 10.7 Å². The third-order valence-corrected chi connectivity index (χ3v) is 6.06. The van der Waals surface area contributed by atoms with Crippen LogP contribution in [0.3, 0.4) is 0 Å². The molecule has 0 aliphatic carbocycles. The maximum absolute atomic E-state index is 13.1. The highest BCUT2D eigenvalue weighted by atomic mass is 32.2. The Kier molecular flexibility index (Phi) is 6.41. The Morgan fingerprint density at radius 2 is 1.81 bits per heavy atom. The van der Waals surface area contributed by atoms with E-state index in [0.29, 0.717) is 28.7 Å². The predicted molar refractivity (Wildman–Crippen MR) is 128 cm³/mol. The zero-order chi connectivity index (χ0) is 22.7. The highest BCUT2D eigenvalue weighted by Crippen LogP contribution is 2.20. The molecular weight excluding hydrogens is 422 g/mol. The molecule has 0 saturated heterocycles. The van der Waals surface area contributed by atoms with Crippen molar-refractivity contribution >= 4 is 34.4 Å². The van der Waals surface area contributed by atoms with E-state index in [1.165, 1.54) is 17.3 Å². The highest BCUT2D eigenvalue weighted by Gasteiger charge is 2.16. The normalized spacial score (nSPS) is 11.2. The second-order valence-corrected chi connectivity index (χ2v) is 8.86. The lowest BCUT2D eigenvalue weighted by Gasteiger charge is -2.12. The van der Waals surface area contributed by atoms with Crippen LogP contribution in [0.15, 0.2) is 70.7 Å². The summed E-state index contributed by atoms with van der Waals surface area (Å²) in [5.74, 6) is 0.420. The van der Waals surface area contributed by atoms with Crippen LogP contribution in [0.2, 0.25) is 0 Å². The number of nitrogens with zero attached hydrogens (tertiary/aromatic N) is 4. The molecule has 4 aromatic rings. The fourth-order valence-electron chi connectivity index (χ4n) is 3.38. The van der Waals surface area contributed by atoms with Gasteiger partial charge >= 0.3 is 0 Å². The van der Waals surface area contributed by atoms with Crippen LogP contribution in [0.5, 0.6) is 0 Å². The van der Waals surface area contributed by atoms with Crippen molar-refractivity contribution in [2.45, 2.75) is 31.5 Å². The van der Waals surface area contributed by atoms with Crippen LogP contribution in [-0.4, -0.2) is 31.0 Å². The number of rotatable bonds is 7. The number of benzene rings is 2. The number of carbonyl (C=O) groups excluding carboxylic acids is 1. The summed E-state index contributed by atoms with van der Waals surface area (Å²) in [6.45, 7) is 4.62. The number of hydrogen-bond donors (Lipinski definition) is 1. The quantitative estimate of drug-likeness (QED) is 0.342. The van der Waals surface area contributed by atoms with Crippen molar-refractivity contribution in [2.75, 3.05) is 11.1 Å². The minimum atomic E-state index is -0.216. The number of fused-ring (bicyclic) bond motifs is 1. The van der Waals surface area contributed by atoms with Crippen LogP contribution in [0.25, 0.3) is 11.0 Å². The topological polar surface area (TPSA) is 81.8 Å². The first kappa shape index (κ1) is 21.8. The van der Waals surface area contributed by atoms with Crippen molar-refractivity contribution in [1.29, 1.82) is 0 Å². The molecule has 0 aliphatic rings. The minimum Gasteiger partial charge on any atom is -0.325 e. The van der Waals surface area contributed by atoms with Gasteiger partial charge in [0.05, 0.1) is 18.5 Å². The smallest absolute Gasteiger partial charge is 0.282 e. The molecule has 0 radical (unpaired) electrons. The third-order valence-electron chi connectivity index (χ3n) is 5.08. The van der Waals surface area contributed by atoms with E-state index in [1.54, 1.807) is 22.5 Å². The lowest BCUT2D eigenvalue weighted by atomic mass is 10.0. The fraction of sp³-hybridized carbons (Fsp3) is 0.250. The van der Waals surface area contributed by atoms with Crippen molar-refractivity contribution in [3.8, 4) is 0 Å². The standard InChI is InChI=1S/C24H25N5O2S/c1-16(2)18-9-11-19(12-10-18)25-21(30)15-32-24-26-20-14-28(3)27-22(20)23(31)29(24)13-17-7-5-4-6-8-17/h4-12,14,16H,13,15H2,1-3H3,(H,25,30). The van der Waals surface area contributed by atoms with Crippen LogP contribution in [0.4, 0.5) is 5.69 Å². The minimum absolute atomic E-state index is 0.138. The van der Waals surface area contributed by atoms with Gasteiger partial charge in [-0.05, 0) is 29.2 Å².